The molecule has 0 rings (SSSR count). The lowest BCUT2D eigenvalue weighted by molar-refractivity contribution is -0.147. The number of hydrogen-bond donors (Lipinski definition) is 1. The third kappa shape index (κ3) is 6.45. The summed E-state index contributed by atoms with van der Waals surface area (Å²) in [6.07, 6.45) is -2.38. The standard InChI is InChI=1S/C8H15F2NO2/c1-3-13-8(12)6(2)4-11-5-7(9)10/h6-7,11H,3-5H2,1-2H3. The van der Waals surface area contributed by atoms with Crippen LogP contribution < -0.4 is 5.32 Å². The predicted molar refractivity (Wildman–Crippen MR) is 44.7 cm³/mol. The molecule has 0 saturated carbocycles. The summed E-state index contributed by atoms with van der Waals surface area (Å²) in [7, 11) is 0. The Kier molecular flexibility index (Phi) is 6.40. The number of carbonyl (C=O) groups is 1. The molecule has 0 radical (unpaired) electrons. The topological polar surface area (TPSA) is 38.3 Å². The third-order valence-electron chi connectivity index (χ3n) is 1.44. The van der Waals surface area contributed by atoms with Crippen molar-refractivity contribution in [2.75, 3.05) is 19.7 Å². The van der Waals surface area contributed by atoms with E-state index in [-0.39, 0.29) is 25.0 Å². The fourth-order valence-corrected chi connectivity index (χ4v) is 0.777. The van der Waals surface area contributed by atoms with Crippen molar-refractivity contribution in [1.29, 1.82) is 0 Å². The SMILES string of the molecule is CCOC(=O)C(C)CNCC(F)F. The van der Waals surface area contributed by atoms with Gasteiger partial charge in [0, 0.05) is 6.54 Å². The number of alkyl halides is 2. The number of rotatable bonds is 6. The van der Waals surface area contributed by atoms with Crippen molar-refractivity contribution in [1.82, 2.24) is 5.32 Å². The highest BCUT2D eigenvalue weighted by molar-refractivity contribution is 5.72. The maximum Gasteiger partial charge on any atom is 0.309 e. The van der Waals surface area contributed by atoms with E-state index in [4.69, 9.17) is 4.74 Å². The first-order valence-electron chi connectivity index (χ1n) is 4.23. The second kappa shape index (κ2) is 6.77. The smallest absolute Gasteiger partial charge is 0.309 e. The molecule has 0 aromatic rings. The van der Waals surface area contributed by atoms with Crippen molar-refractivity contribution in [3.8, 4) is 0 Å². The Morgan fingerprint density at radius 3 is 2.54 bits per heavy atom. The van der Waals surface area contributed by atoms with Gasteiger partial charge in [0.2, 0.25) is 0 Å². The Balaban J connectivity index is 3.49. The molecule has 0 saturated heterocycles. The first-order valence-corrected chi connectivity index (χ1v) is 4.23. The number of halogens is 2. The molecule has 0 aromatic heterocycles. The average molecular weight is 195 g/mol. The molecule has 0 bridgehead atoms. The summed E-state index contributed by atoms with van der Waals surface area (Å²) in [6.45, 7) is 3.50. The van der Waals surface area contributed by atoms with E-state index >= 15 is 0 Å². The van der Waals surface area contributed by atoms with Crippen LogP contribution in [0.15, 0.2) is 0 Å². The molecular formula is C8H15F2NO2. The van der Waals surface area contributed by atoms with Crippen LogP contribution in [0.4, 0.5) is 8.78 Å². The Bertz CT molecular complexity index is 153. The predicted octanol–water partition coefficient (Wildman–Crippen LogP) is 1.04. The fourth-order valence-electron chi connectivity index (χ4n) is 0.777. The number of nitrogens with one attached hydrogen (secondary N) is 1. The average Bonchev–Trinajstić information content (AvgIpc) is 2.04. The summed E-state index contributed by atoms with van der Waals surface area (Å²) >= 11 is 0. The van der Waals surface area contributed by atoms with Gasteiger partial charge in [0.25, 0.3) is 6.43 Å². The van der Waals surface area contributed by atoms with Crippen molar-refractivity contribution in [2.45, 2.75) is 20.3 Å². The maximum atomic E-state index is 11.7. The Hall–Kier alpha value is -0.710. The maximum absolute atomic E-state index is 11.7. The molecule has 0 amide bonds. The molecule has 78 valence electrons. The van der Waals surface area contributed by atoms with Gasteiger partial charge in [0.05, 0.1) is 19.1 Å². The van der Waals surface area contributed by atoms with Crippen LogP contribution in [0.3, 0.4) is 0 Å². The van der Waals surface area contributed by atoms with Gasteiger partial charge in [-0.25, -0.2) is 8.78 Å². The van der Waals surface area contributed by atoms with E-state index in [1.807, 2.05) is 0 Å². The zero-order valence-electron chi connectivity index (χ0n) is 7.85. The van der Waals surface area contributed by atoms with Crippen LogP contribution in [0, 0.1) is 5.92 Å². The van der Waals surface area contributed by atoms with Gasteiger partial charge in [-0.2, -0.15) is 0 Å². The minimum atomic E-state index is -2.38. The molecule has 1 unspecified atom stereocenters. The van der Waals surface area contributed by atoms with E-state index in [9.17, 15) is 13.6 Å². The second-order valence-corrected chi connectivity index (χ2v) is 2.70. The van der Waals surface area contributed by atoms with Crippen molar-refractivity contribution in [2.24, 2.45) is 5.92 Å². The molecule has 0 aliphatic heterocycles. The summed E-state index contributed by atoms with van der Waals surface area (Å²) in [5, 5.41) is 2.47. The van der Waals surface area contributed by atoms with Gasteiger partial charge in [0.1, 0.15) is 0 Å². The zero-order valence-corrected chi connectivity index (χ0v) is 7.85. The van der Waals surface area contributed by atoms with Gasteiger partial charge in [-0.3, -0.25) is 4.79 Å². The molecular weight excluding hydrogens is 180 g/mol. The summed E-state index contributed by atoms with van der Waals surface area (Å²) in [4.78, 5) is 11.0. The molecule has 1 N–H and O–H groups in total. The van der Waals surface area contributed by atoms with Crippen LogP contribution >= 0.6 is 0 Å². The van der Waals surface area contributed by atoms with E-state index in [2.05, 4.69) is 5.32 Å². The molecule has 0 aliphatic carbocycles. The van der Waals surface area contributed by atoms with E-state index in [1.54, 1.807) is 13.8 Å². The Morgan fingerprint density at radius 1 is 1.46 bits per heavy atom. The first kappa shape index (κ1) is 12.3. The van der Waals surface area contributed by atoms with Gasteiger partial charge < -0.3 is 10.1 Å². The van der Waals surface area contributed by atoms with Gasteiger partial charge in [-0.1, -0.05) is 6.92 Å². The van der Waals surface area contributed by atoms with E-state index in [1.165, 1.54) is 0 Å². The molecule has 0 aromatic carbocycles. The largest absolute Gasteiger partial charge is 0.466 e. The second-order valence-electron chi connectivity index (χ2n) is 2.70. The number of ether oxygens (including phenoxy) is 1. The molecule has 13 heavy (non-hydrogen) atoms. The van der Waals surface area contributed by atoms with Gasteiger partial charge in [0.15, 0.2) is 0 Å². The van der Waals surface area contributed by atoms with Crippen molar-refractivity contribution in [3.05, 3.63) is 0 Å². The summed E-state index contributed by atoms with van der Waals surface area (Å²) in [5.41, 5.74) is 0. The molecule has 3 nitrogen and oxygen atoms in total. The Morgan fingerprint density at radius 2 is 2.08 bits per heavy atom. The van der Waals surface area contributed by atoms with E-state index < -0.39 is 6.43 Å². The monoisotopic (exact) mass is 195 g/mol. The molecule has 1 atom stereocenters. The van der Waals surface area contributed by atoms with Crippen LogP contribution in [-0.4, -0.2) is 32.1 Å². The summed E-state index contributed by atoms with van der Waals surface area (Å²) in [6, 6.07) is 0. The lowest BCUT2D eigenvalue weighted by Gasteiger charge is -2.10. The highest BCUT2D eigenvalue weighted by Crippen LogP contribution is 1.97. The fraction of sp³-hybridized carbons (Fsp3) is 0.875. The molecule has 0 heterocycles. The first-order chi connectivity index (χ1) is 6.07. The van der Waals surface area contributed by atoms with Crippen LogP contribution in [0.25, 0.3) is 0 Å². The minimum Gasteiger partial charge on any atom is -0.466 e. The summed E-state index contributed by atoms with van der Waals surface area (Å²) < 4.78 is 28.0. The number of hydrogen-bond acceptors (Lipinski definition) is 3. The molecule has 0 aliphatic rings. The zero-order chi connectivity index (χ0) is 10.3. The van der Waals surface area contributed by atoms with Crippen molar-refractivity contribution < 1.29 is 18.3 Å². The number of carbonyl (C=O) groups excluding carboxylic acids is 1. The van der Waals surface area contributed by atoms with E-state index in [0.717, 1.165) is 0 Å². The van der Waals surface area contributed by atoms with Gasteiger partial charge in [-0.15, -0.1) is 0 Å². The van der Waals surface area contributed by atoms with Crippen LogP contribution in [0.5, 0.6) is 0 Å². The van der Waals surface area contributed by atoms with Crippen molar-refractivity contribution >= 4 is 5.97 Å². The third-order valence-corrected chi connectivity index (χ3v) is 1.44. The molecule has 0 spiro atoms. The van der Waals surface area contributed by atoms with Crippen LogP contribution in [-0.2, 0) is 9.53 Å². The van der Waals surface area contributed by atoms with E-state index in [0.29, 0.717) is 6.61 Å². The molecule has 5 heteroatoms. The Labute approximate surface area is 76.4 Å². The minimum absolute atomic E-state index is 0.225. The molecule has 0 fully saturated rings. The summed E-state index contributed by atoms with van der Waals surface area (Å²) in [5.74, 6) is -0.733. The van der Waals surface area contributed by atoms with Gasteiger partial charge >= 0.3 is 5.97 Å². The van der Waals surface area contributed by atoms with Crippen LogP contribution in [0.1, 0.15) is 13.8 Å². The van der Waals surface area contributed by atoms with Crippen LogP contribution in [0.2, 0.25) is 0 Å². The normalized spacial score (nSPS) is 13.0. The number of esters is 1. The lowest BCUT2D eigenvalue weighted by atomic mass is 10.2. The highest BCUT2D eigenvalue weighted by atomic mass is 19.3. The highest BCUT2D eigenvalue weighted by Gasteiger charge is 2.13. The quantitative estimate of drug-likeness (QED) is 0.643. The van der Waals surface area contributed by atoms with Gasteiger partial charge in [-0.05, 0) is 6.92 Å². The van der Waals surface area contributed by atoms with Crippen molar-refractivity contribution in [3.63, 3.8) is 0 Å². The lowest BCUT2D eigenvalue weighted by Crippen LogP contribution is -2.30.